The Kier molecular flexibility index (Phi) is 2.02. The van der Waals surface area contributed by atoms with Gasteiger partial charge in [0.05, 0.1) is 17.3 Å². The molecule has 0 aliphatic rings. The van der Waals surface area contributed by atoms with Crippen LogP contribution in [0.15, 0.2) is 24.5 Å². The van der Waals surface area contributed by atoms with E-state index in [1.807, 2.05) is 18.5 Å². The maximum atomic E-state index is 4.57. The van der Waals surface area contributed by atoms with E-state index in [-0.39, 0.29) is 5.54 Å². The van der Waals surface area contributed by atoms with Crippen molar-refractivity contribution in [1.82, 2.24) is 19.7 Å². The quantitative estimate of drug-likeness (QED) is 0.732. The average molecular weight is 228 g/mol. The van der Waals surface area contributed by atoms with Crippen molar-refractivity contribution in [2.45, 2.75) is 32.7 Å². The molecule has 0 aliphatic heterocycles. The molecular formula is C13H16N4. The molecule has 4 nitrogen and oxygen atoms in total. The predicted octanol–water partition coefficient (Wildman–Crippen LogP) is 3.06. The Balaban J connectivity index is 2.33. The van der Waals surface area contributed by atoms with Gasteiger partial charge in [0.2, 0.25) is 0 Å². The molecule has 17 heavy (non-hydrogen) atoms. The van der Waals surface area contributed by atoms with Crippen LogP contribution in [0.5, 0.6) is 0 Å². The molecule has 4 heteroatoms. The van der Waals surface area contributed by atoms with Gasteiger partial charge in [-0.15, -0.1) is 0 Å². The first kappa shape index (κ1) is 10.3. The Morgan fingerprint density at radius 2 is 2.24 bits per heavy atom. The SMILES string of the molecule is CCC(C)(C)n1ncc2nc3[nH]ccc3cc21. The summed E-state index contributed by atoms with van der Waals surface area (Å²) >= 11 is 0. The Labute approximate surface area is 99.7 Å². The highest BCUT2D eigenvalue weighted by Crippen LogP contribution is 2.26. The zero-order chi connectivity index (χ0) is 12.0. The van der Waals surface area contributed by atoms with Gasteiger partial charge in [-0.2, -0.15) is 5.10 Å². The van der Waals surface area contributed by atoms with Crippen LogP contribution in [0.4, 0.5) is 0 Å². The van der Waals surface area contributed by atoms with Gasteiger partial charge in [-0.05, 0) is 32.4 Å². The lowest BCUT2D eigenvalue weighted by molar-refractivity contribution is 0.319. The zero-order valence-electron chi connectivity index (χ0n) is 10.4. The van der Waals surface area contributed by atoms with E-state index in [9.17, 15) is 0 Å². The zero-order valence-corrected chi connectivity index (χ0v) is 10.4. The molecule has 0 bridgehead atoms. The van der Waals surface area contributed by atoms with Crippen LogP contribution in [-0.2, 0) is 5.54 Å². The van der Waals surface area contributed by atoms with Crippen molar-refractivity contribution >= 4 is 22.1 Å². The fourth-order valence-electron chi connectivity index (χ4n) is 2.06. The van der Waals surface area contributed by atoms with Crippen molar-refractivity contribution in [3.8, 4) is 0 Å². The molecule has 0 fully saturated rings. The minimum atomic E-state index is 0.0212. The third kappa shape index (κ3) is 1.44. The second-order valence-electron chi connectivity index (χ2n) is 5.03. The van der Waals surface area contributed by atoms with Gasteiger partial charge >= 0.3 is 0 Å². The van der Waals surface area contributed by atoms with Crippen molar-refractivity contribution in [3.63, 3.8) is 0 Å². The van der Waals surface area contributed by atoms with Gasteiger partial charge in [-0.1, -0.05) is 6.92 Å². The van der Waals surface area contributed by atoms with E-state index in [1.54, 1.807) is 0 Å². The number of pyridine rings is 1. The summed E-state index contributed by atoms with van der Waals surface area (Å²) in [5, 5.41) is 5.61. The number of H-pyrrole nitrogens is 1. The van der Waals surface area contributed by atoms with Crippen LogP contribution < -0.4 is 0 Å². The number of rotatable bonds is 2. The molecule has 0 spiro atoms. The minimum Gasteiger partial charge on any atom is -0.346 e. The molecule has 3 aromatic heterocycles. The summed E-state index contributed by atoms with van der Waals surface area (Å²) in [7, 11) is 0. The summed E-state index contributed by atoms with van der Waals surface area (Å²) in [6.07, 6.45) is 4.79. The summed E-state index contributed by atoms with van der Waals surface area (Å²) in [4.78, 5) is 7.69. The fraction of sp³-hybridized carbons (Fsp3) is 0.385. The third-order valence-corrected chi connectivity index (χ3v) is 3.51. The molecule has 0 atom stereocenters. The first-order valence-electron chi connectivity index (χ1n) is 5.94. The van der Waals surface area contributed by atoms with Crippen LogP contribution >= 0.6 is 0 Å². The van der Waals surface area contributed by atoms with Crippen LogP contribution in [0.2, 0.25) is 0 Å². The molecule has 0 amide bonds. The normalized spacial score (nSPS) is 12.6. The van der Waals surface area contributed by atoms with Gasteiger partial charge in [0.15, 0.2) is 0 Å². The van der Waals surface area contributed by atoms with E-state index in [1.165, 1.54) is 0 Å². The van der Waals surface area contributed by atoms with Gasteiger partial charge in [0, 0.05) is 11.6 Å². The molecule has 3 rings (SSSR count). The van der Waals surface area contributed by atoms with Gasteiger partial charge in [-0.3, -0.25) is 4.68 Å². The number of hydrogen-bond donors (Lipinski definition) is 1. The Morgan fingerprint density at radius 3 is 3.00 bits per heavy atom. The number of fused-ring (bicyclic) bond motifs is 2. The number of nitrogens with zero attached hydrogens (tertiary/aromatic N) is 3. The largest absolute Gasteiger partial charge is 0.346 e. The smallest absolute Gasteiger partial charge is 0.138 e. The molecule has 0 aromatic carbocycles. The maximum absolute atomic E-state index is 4.57. The molecule has 0 radical (unpaired) electrons. The highest BCUT2D eigenvalue weighted by molar-refractivity contribution is 5.89. The first-order valence-corrected chi connectivity index (χ1v) is 5.94. The van der Waals surface area contributed by atoms with E-state index >= 15 is 0 Å². The van der Waals surface area contributed by atoms with Crippen LogP contribution in [-0.4, -0.2) is 19.7 Å². The monoisotopic (exact) mass is 228 g/mol. The summed E-state index contributed by atoms with van der Waals surface area (Å²) in [5.41, 5.74) is 2.99. The Hall–Kier alpha value is -1.84. The number of aromatic amines is 1. The highest BCUT2D eigenvalue weighted by Gasteiger charge is 2.21. The van der Waals surface area contributed by atoms with Gasteiger partial charge in [-0.25, -0.2) is 4.98 Å². The van der Waals surface area contributed by atoms with E-state index < -0.39 is 0 Å². The lowest BCUT2D eigenvalue weighted by Gasteiger charge is -2.24. The second kappa shape index (κ2) is 3.32. The summed E-state index contributed by atoms with van der Waals surface area (Å²) < 4.78 is 2.07. The topological polar surface area (TPSA) is 46.5 Å². The van der Waals surface area contributed by atoms with Crippen LogP contribution in [0.25, 0.3) is 22.1 Å². The molecule has 88 valence electrons. The lowest BCUT2D eigenvalue weighted by atomic mass is 10.0. The minimum absolute atomic E-state index is 0.0212. The van der Waals surface area contributed by atoms with E-state index in [4.69, 9.17) is 0 Å². The van der Waals surface area contributed by atoms with Crippen LogP contribution in [0, 0.1) is 0 Å². The van der Waals surface area contributed by atoms with Gasteiger partial charge < -0.3 is 4.98 Å². The van der Waals surface area contributed by atoms with Crippen molar-refractivity contribution in [2.75, 3.05) is 0 Å². The van der Waals surface area contributed by atoms with Crippen LogP contribution in [0.1, 0.15) is 27.2 Å². The van der Waals surface area contributed by atoms with Crippen molar-refractivity contribution in [2.24, 2.45) is 0 Å². The summed E-state index contributed by atoms with van der Waals surface area (Å²) in [5.74, 6) is 0. The van der Waals surface area contributed by atoms with E-state index in [0.717, 1.165) is 28.5 Å². The molecule has 3 heterocycles. The lowest BCUT2D eigenvalue weighted by Crippen LogP contribution is -2.26. The molecule has 1 N–H and O–H groups in total. The maximum Gasteiger partial charge on any atom is 0.138 e. The fourth-order valence-corrected chi connectivity index (χ4v) is 2.06. The standard InChI is InChI=1S/C13H16N4/c1-4-13(2,3)17-11-7-9-5-6-14-12(9)16-10(11)8-15-17/h5-8H,4H2,1-3H3,(H,14,16). The van der Waals surface area contributed by atoms with Gasteiger partial charge in [0.1, 0.15) is 11.2 Å². The molecule has 0 aliphatic carbocycles. The summed E-state index contributed by atoms with van der Waals surface area (Å²) in [6.45, 7) is 6.57. The average Bonchev–Trinajstić information content (AvgIpc) is 2.90. The summed E-state index contributed by atoms with van der Waals surface area (Å²) in [6, 6.07) is 4.19. The molecule has 3 aromatic rings. The molecule has 0 saturated carbocycles. The van der Waals surface area contributed by atoms with Crippen molar-refractivity contribution in [3.05, 3.63) is 24.5 Å². The van der Waals surface area contributed by atoms with Gasteiger partial charge in [0.25, 0.3) is 0 Å². The molecular weight excluding hydrogens is 212 g/mol. The van der Waals surface area contributed by atoms with Crippen molar-refractivity contribution < 1.29 is 0 Å². The molecule has 0 saturated heterocycles. The second-order valence-corrected chi connectivity index (χ2v) is 5.03. The number of nitrogens with one attached hydrogen (secondary N) is 1. The van der Waals surface area contributed by atoms with Crippen LogP contribution in [0.3, 0.4) is 0 Å². The first-order chi connectivity index (χ1) is 8.12. The highest BCUT2D eigenvalue weighted by atomic mass is 15.3. The Bertz CT molecular complexity index is 675. The van der Waals surface area contributed by atoms with E-state index in [2.05, 4.69) is 46.6 Å². The third-order valence-electron chi connectivity index (χ3n) is 3.51. The van der Waals surface area contributed by atoms with Crippen molar-refractivity contribution in [1.29, 1.82) is 0 Å². The predicted molar refractivity (Wildman–Crippen MR) is 69.0 cm³/mol. The number of hydrogen-bond acceptors (Lipinski definition) is 2. The number of aromatic nitrogens is 4. The Morgan fingerprint density at radius 1 is 1.41 bits per heavy atom. The molecule has 0 unspecified atom stereocenters. The van der Waals surface area contributed by atoms with E-state index in [0.29, 0.717) is 0 Å².